The molecule has 0 amide bonds. The molecule has 0 atom stereocenters. The Labute approximate surface area is 169 Å². The third kappa shape index (κ3) is 3.53. The third-order valence-electron chi connectivity index (χ3n) is 4.57. The molecule has 8 heteroatoms. The minimum atomic E-state index is -4.60. The summed E-state index contributed by atoms with van der Waals surface area (Å²) < 4.78 is 47.4. The Balaban J connectivity index is 2.01. The minimum Gasteiger partial charge on any atom is -0.497 e. The fraction of sp³-hybridized carbons (Fsp3) is 0.143. The van der Waals surface area contributed by atoms with Crippen molar-refractivity contribution in [2.75, 3.05) is 7.11 Å². The summed E-state index contributed by atoms with van der Waals surface area (Å²) in [5, 5.41) is 4.65. The van der Waals surface area contributed by atoms with Gasteiger partial charge >= 0.3 is 6.18 Å². The second kappa shape index (κ2) is 7.08. The predicted octanol–water partition coefficient (Wildman–Crippen LogP) is 6.05. The van der Waals surface area contributed by atoms with Crippen LogP contribution in [0.1, 0.15) is 11.4 Å². The summed E-state index contributed by atoms with van der Waals surface area (Å²) in [4.78, 5) is 4.52. The van der Waals surface area contributed by atoms with Gasteiger partial charge in [0.05, 0.1) is 18.5 Å². The minimum absolute atomic E-state index is 0.130. The quantitative estimate of drug-likeness (QED) is 0.407. The summed E-state index contributed by atoms with van der Waals surface area (Å²) in [5.41, 5.74) is 1.64. The Hall–Kier alpha value is -3.06. The molecule has 0 saturated heterocycles. The van der Waals surface area contributed by atoms with Crippen LogP contribution in [0.15, 0.2) is 54.6 Å². The highest BCUT2D eigenvalue weighted by atomic mass is 35.5. The lowest BCUT2D eigenvalue weighted by Crippen LogP contribution is -2.13. The second-order valence-corrected chi connectivity index (χ2v) is 6.89. The van der Waals surface area contributed by atoms with Crippen LogP contribution in [0, 0.1) is 6.92 Å². The van der Waals surface area contributed by atoms with Crippen molar-refractivity contribution < 1.29 is 17.9 Å². The van der Waals surface area contributed by atoms with Crippen LogP contribution in [-0.4, -0.2) is 21.7 Å². The lowest BCUT2D eigenvalue weighted by atomic mass is 10.1. The van der Waals surface area contributed by atoms with E-state index in [0.29, 0.717) is 33.2 Å². The van der Waals surface area contributed by atoms with Crippen LogP contribution in [0.4, 0.5) is 13.2 Å². The van der Waals surface area contributed by atoms with E-state index < -0.39 is 11.9 Å². The maximum Gasteiger partial charge on any atom is 0.433 e. The predicted molar refractivity (Wildman–Crippen MR) is 105 cm³/mol. The number of fused-ring (bicyclic) bond motifs is 1. The van der Waals surface area contributed by atoms with Crippen LogP contribution in [0.25, 0.3) is 28.0 Å². The van der Waals surface area contributed by atoms with E-state index in [1.165, 1.54) is 7.11 Å². The van der Waals surface area contributed by atoms with Gasteiger partial charge in [-0.25, -0.2) is 9.50 Å². The van der Waals surface area contributed by atoms with Gasteiger partial charge in [-0.1, -0.05) is 23.7 Å². The van der Waals surface area contributed by atoms with Crippen LogP contribution in [0.3, 0.4) is 0 Å². The number of nitrogens with zero attached hydrogens (tertiary/aromatic N) is 3. The maximum atomic E-state index is 13.8. The number of benzene rings is 2. The van der Waals surface area contributed by atoms with Gasteiger partial charge in [0.25, 0.3) is 0 Å². The number of rotatable bonds is 3. The maximum absolute atomic E-state index is 13.8. The van der Waals surface area contributed by atoms with Crippen molar-refractivity contribution in [2.24, 2.45) is 0 Å². The number of hydrogen-bond donors (Lipinski definition) is 0. The molecule has 2 aromatic carbocycles. The van der Waals surface area contributed by atoms with E-state index in [1.807, 2.05) is 0 Å². The largest absolute Gasteiger partial charge is 0.497 e. The molecular formula is C21H15ClF3N3O. The van der Waals surface area contributed by atoms with Gasteiger partial charge in [0.2, 0.25) is 0 Å². The standard InChI is InChI=1S/C21H15ClF3N3O/c1-12-19(14-3-7-15(22)8-4-14)20-26-17(13-5-9-16(29-2)10-6-13)11-18(21(23,24)25)28(20)27-12/h3-11H,1-2H3. The Morgan fingerprint density at radius 2 is 1.59 bits per heavy atom. The summed E-state index contributed by atoms with van der Waals surface area (Å²) in [5.74, 6) is 0.605. The van der Waals surface area contributed by atoms with Gasteiger partial charge in [0.15, 0.2) is 11.3 Å². The topological polar surface area (TPSA) is 39.4 Å². The van der Waals surface area contributed by atoms with Crippen LogP contribution < -0.4 is 4.74 Å². The first-order chi connectivity index (χ1) is 13.8. The molecule has 2 aromatic heterocycles. The fourth-order valence-electron chi connectivity index (χ4n) is 3.19. The van der Waals surface area contributed by atoms with E-state index in [4.69, 9.17) is 16.3 Å². The zero-order valence-electron chi connectivity index (χ0n) is 15.5. The number of hydrogen-bond acceptors (Lipinski definition) is 3. The van der Waals surface area contributed by atoms with Gasteiger partial charge < -0.3 is 4.74 Å². The zero-order chi connectivity index (χ0) is 20.8. The molecule has 0 fully saturated rings. The Kier molecular flexibility index (Phi) is 4.70. The number of halogens is 4. The highest BCUT2D eigenvalue weighted by Gasteiger charge is 2.36. The first kappa shape index (κ1) is 19.3. The number of alkyl halides is 3. The number of ether oxygens (including phenoxy) is 1. The molecule has 0 aliphatic heterocycles. The zero-order valence-corrected chi connectivity index (χ0v) is 16.2. The summed E-state index contributed by atoms with van der Waals surface area (Å²) in [7, 11) is 1.52. The molecule has 0 aliphatic carbocycles. The van der Waals surface area contributed by atoms with Gasteiger partial charge in [-0.15, -0.1) is 0 Å². The van der Waals surface area contributed by atoms with Gasteiger partial charge in [-0.05, 0) is 55.0 Å². The fourth-order valence-corrected chi connectivity index (χ4v) is 3.32. The van der Waals surface area contributed by atoms with Crippen molar-refractivity contribution >= 4 is 17.2 Å². The molecule has 0 N–H and O–H groups in total. The smallest absolute Gasteiger partial charge is 0.433 e. The van der Waals surface area contributed by atoms with Crippen LogP contribution >= 0.6 is 11.6 Å². The number of methoxy groups -OCH3 is 1. The van der Waals surface area contributed by atoms with Gasteiger partial charge in [0.1, 0.15) is 5.75 Å². The first-order valence-corrected chi connectivity index (χ1v) is 9.03. The molecule has 4 nitrogen and oxygen atoms in total. The molecule has 0 unspecified atom stereocenters. The van der Waals surface area contributed by atoms with E-state index >= 15 is 0 Å². The van der Waals surface area contributed by atoms with Crippen LogP contribution in [0.2, 0.25) is 5.02 Å². The van der Waals surface area contributed by atoms with E-state index in [1.54, 1.807) is 55.5 Å². The van der Waals surface area contributed by atoms with Crippen molar-refractivity contribution in [3.8, 4) is 28.1 Å². The Morgan fingerprint density at radius 1 is 0.966 bits per heavy atom. The van der Waals surface area contributed by atoms with Gasteiger partial charge in [0, 0.05) is 16.1 Å². The number of aryl methyl sites for hydroxylation is 1. The van der Waals surface area contributed by atoms with Crippen LogP contribution in [-0.2, 0) is 6.18 Å². The summed E-state index contributed by atoms with van der Waals surface area (Å²) >= 11 is 5.95. The third-order valence-corrected chi connectivity index (χ3v) is 4.83. The highest BCUT2D eigenvalue weighted by Crippen LogP contribution is 2.36. The summed E-state index contributed by atoms with van der Waals surface area (Å²) in [6.07, 6.45) is -4.60. The SMILES string of the molecule is COc1ccc(-c2cc(C(F)(F)F)n3nc(C)c(-c4ccc(Cl)cc4)c3n2)cc1. The molecule has 2 heterocycles. The first-order valence-electron chi connectivity index (χ1n) is 8.66. The van der Waals surface area contributed by atoms with Gasteiger partial charge in [-0.2, -0.15) is 18.3 Å². The van der Waals surface area contributed by atoms with Crippen molar-refractivity contribution in [1.82, 2.24) is 14.6 Å². The van der Waals surface area contributed by atoms with Crippen molar-refractivity contribution in [2.45, 2.75) is 13.1 Å². The van der Waals surface area contributed by atoms with E-state index in [2.05, 4.69) is 10.1 Å². The average molecular weight is 418 g/mol. The molecule has 148 valence electrons. The molecule has 0 bridgehead atoms. The summed E-state index contributed by atoms with van der Waals surface area (Å²) in [6, 6.07) is 14.5. The molecule has 29 heavy (non-hydrogen) atoms. The molecule has 0 spiro atoms. The average Bonchev–Trinajstić information content (AvgIpc) is 3.03. The lowest BCUT2D eigenvalue weighted by Gasteiger charge is -2.12. The Morgan fingerprint density at radius 3 is 2.17 bits per heavy atom. The van der Waals surface area contributed by atoms with Crippen molar-refractivity contribution in [3.63, 3.8) is 0 Å². The normalized spacial score (nSPS) is 11.8. The monoisotopic (exact) mass is 417 g/mol. The molecule has 4 rings (SSSR count). The van der Waals surface area contributed by atoms with E-state index in [-0.39, 0.29) is 11.3 Å². The highest BCUT2D eigenvalue weighted by molar-refractivity contribution is 6.30. The number of aromatic nitrogens is 3. The lowest BCUT2D eigenvalue weighted by molar-refractivity contribution is -0.142. The molecular weight excluding hydrogens is 403 g/mol. The molecule has 0 saturated carbocycles. The van der Waals surface area contributed by atoms with Gasteiger partial charge in [-0.3, -0.25) is 0 Å². The second-order valence-electron chi connectivity index (χ2n) is 6.46. The van der Waals surface area contributed by atoms with E-state index in [0.717, 1.165) is 10.6 Å². The molecule has 0 aliphatic rings. The van der Waals surface area contributed by atoms with Crippen molar-refractivity contribution in [3.05, 3.63) is 71.0 Å². The summed E-state index contributed by atoms with van der Waals surface area (Å²) in [6.45, 7) is 1.66. The molecule has 4 aromatic rings. The van der Waals surface area contributed by atoms with Crippen LogP contribution in [0.5, 0.6) is 5.75 Å². The van der Waals surface area contributed by atoms with E-state index in [9.17, 15) is 13.2 Å². The molecule has 0 radical (unpaired) electrons. The van der Waals surface area contributed by atoms with Crippen molar-refractivity contribution in [1.29, 1.82) is 0 Å². The Bertz CT molecular complexity index is 1180.